The summed E-state index contributed by atoms with van der Waals surface area (Å²) >= 11 is 1.02. The highest BCUT2D eigenvalue weighted by molar-refractivity contribution is 7.08. The topological polar surface area (TPSA) is 80.9 Å². The van der Waals surface area contributed by atoms with Crippen LogP contribution in [0.2, 0.25) is 0 Å². The van der Waals surface area contributed by atoms with Gasteiger partial charge >= 0.3 is 0 Å². The number of halogens is 1. The first-order valence-corrected chi connectivity index (χ1v) is 6.56. The van der Waals surface area contributed by atoms with Crippen molar-refractivity contribution in [2.45, 2.75) is 19.8 Å². The minimum Gasteiger partial charge on any atom is -0.397 e. The molecule has 0 fully saturated rings. The van der Waals surface area contributed by atoms with Crippen LogP contribution in [0.5, 0.6) is 0 Å². The first-order chi connectivity index (χ1) is 9.11. The summed E-state index contributed by atoms with van der Waals surface area (Å²) < 4.78 is 16.9. The molecule has 1 aromatic heterocycles. The smallest absolute Gasteiger partial charge is 0.269 e. The minimum absolute atomic E-state index is 0.251. The molecule has 2 rings (SSSR count). The predicted molar refractivity (Wildman–Crippen MR) is 72.7 cm³/mol. The molecule has 0 radical (unpaired) electrons. The summed E-state index contributed by atoms with van der Waals surface area (Å²) in [6.07, 6.45) is 1.55. The average molecular weight is 280 g/mol. The molecule has 0 bridgehead atoms. The van der Waals surface area contributed by atoms with E-state index in [0.717, 1.165) is 18.0 Å². The molecule has 0 aliphatic carbocycles. The lowest BCUT2D eigenvalue weighted by atomic mass is 10.2. The number of anilines is 2. The number of hydrogen-bond acceptors (Lipinski definition) is 5. The summed E-state index contributed by atoms with van der Waals surface area (Å²) in [6.45, 7) is 1.99. The molecule has 5 nitrogen and oxygen atoms in total. The molecule has 0 saturated heterocycles. The van der Waals surface area contributed by atoms with Gasteiger partial charge in [0.05, 0.1) is 17.1 Å². The minimum atomic E-state index is -0.458. The number of aromatic nitrogens is 2. The Morgan fingerprint density at radius 2 is 2.32 bits per heavy atom. The maximum absolute atomic E-state index is 13.1. The van der Waals surface area contributed by atoms with Crippen LogP contribution in [-0.4, -0.2) is 15.5 Å². The summed E-state index contributed by atoms with van der Waals surface area (Å²) in [4.78, 5) is 12.5. The van der Waals surface area contributed by atoms with Crippen LogP contribution >= 0.6 is 11.5 Å². The second-order valence-electron chi connectivity index (χ2n) is 3.98. The first-order valence-electron chi connectivity index (χ1n) is 5.79. The zero-order valence-corrected chi connectivity index (χ0v) is 11.1. The van der Waals surface area contributed by atoms with Crippen molar-refractivity contribution in [1.29, 1.82) is 0 Å². The molecule has 19 heavy (non-hydrogen) atoms. The molecule has 1 amide bonds. The van der Waals surface area contributed by atoms with E-state index in [1.165, 1.54) is 18.2 Å². The largest absolute Gasteiger partial charge is 0.397 e. The molecule has 0 spiro atoms. The molecular weight excluding hydrogens is 267 g/mol. The number of nitrogens with two attached hydrogens (primary N) is 1. The molecule has 0 aliphatic rings. The fourth-order valence-electron chi connectivity index (χ4n) is 1.60. The van der Waals surface area contributed by atoms with Gasteiger partial charge in [0.1, 0.15) is 10.7 Å². The van der Waals surface area contributed by atoms with Crippen molar-refractivity contribution in [1.82, 2.24) is 9.59 Å². The number of nitrogens with one attached hydrogen (secondary N) is 1. The highest BCUT2D eigenvalue weighted by Crippen LogP contribution is 2.21. The van der Waals surface area contributed by atoms with E-state index in [0.29, 0.717) is 22.7 Å². The second-order valence-corrected chi connectivity index (χ2v) is 4.74. The Hall–Kier alpha value is -2.02. The number of amides is 1. The van der Waals surface area contributed by atoms with Gasteiger partial charge in [0, 0.05) is 0 Å². The summed E-state index contributed by atoms with van der Waals surface area (Å²) in [5, 5.41) is 6.49. The van der Waals surface area contributed by atoms with Crippen LogP contribution in [0.4, 0.5) is 15.8 Å². The van der Waals surface area contributed by atoms with Crippen LogP contribution in [0.15, 0.2) is 18.2 Å². The van der Waals surface area contributed by atoms with Crippen molar-refractivity contribution >= 4 is 28.8 Å². The van der Waals surface area contributed by atoms with Crippen LogP contribution in [-0.2, 0) is 6.42 Å². The first kappa shape index (κ1) is 13.4. The van der Waals surface area contributed by atoms with Crippen LogP contribution in [0.3, 0.4) is 0 Å². The summed E-state index contributed by atoms with van der Waals surface area (Å²) in [5.74, 6) is -0.823. The van der Waals surface area contributed by atoms with Gasteiger partial charge in [-0.25, -0.2) is 4.39 Å². The Bertz CT molecular complexity index is 599. The van der Waals surface area contributed by atoms with Crippen molar-refractivity contribution in [2.75, 3.05) is 11.1 Å². The number of carbonyl (C=O) groups is 1. The van der Waals surface area contributed by atoms with Gasteiger partial charge in [-0.15, -0.1) is 5.10 Å². The van der Waals surface area contributed by atoms with Gasteiger partial charge < -0.3 is 11.1 Å². The lowest BCUT2D eigenvalue weighted by Crippen LogP contribution is -2.14. The van der Waals surface area contributed by atoms with E-state index in [1.54, 1.807) is 0 Å². The molecule has 100 valence electrons. The summed E-state index contributed by atoms with van der Waals surface area (Å²) in [6, 6.07) is 3.83. The van der Waals surface area contributed by atoms with Crippen LogP contribution < -0.4 is 11.1 Å². The Labute approximate surface area is 113 Å². The molecule has 7 heteroatoms. The predicted octanol–water partition coefficient (Wildman–Crippen LogP) is 2.46. The highest BCUT2D eigenvalue weighted by atomic mass is 32.1. The molecule has 0 saturated carbocycles. The zero-order chi connectivity index (χ0) is 13.8. The molecule has 0 aliphatic heterocycles. The number of benzene rings is 1. The molecule has 3 N–H and O–H groups in total. The monoisotopic (exact) mass is 280 g/mol. The van der Waals surface area contributed by atoms with Crippen molar-refractivity contribution in [3.63, 3.8) is 0 Å². The van der Waals surface area contributed by atoms with Gasteiger partial charge in [-0.1, -0.05) is 17.8 Å². The number of aryl methyl sites for hydroxylation is 1. The normalized spacial score (nSPS) is 10.4. The maximum atomic E-state index is 13.1. The standard InChI is InChI=1S/C12H13FN4OS/c1-2-3-9-11(19-17-16-9)12(18)15-10-6-7(13)4-5-8(10)14/h4-6H,2-3,14H2,1H3,(H,15,18). The quantitative estimate of drug-likeness (QED) is 0.843. The number of rotatable bonds is 4. The van der Waals surface area contributed by atoms with Gasteiger partial charge in [0.15, 0.2) is 0 Å². The highest BCUT2D eigenvalue weighted by Gasteiger charge is 2.16. The van der Waals surface area contributed by atoms with E-state index >= 15 is 0 Å². The van der Waals surface area contributed by atoms with Gasteiger partial charge in [-0.3, -0.25) is 4.79 Å². The van der Waals surface area contributed by atoms with Gasteiger partial charge in [0.2, 0.25) is 0 Å². The van der Waals surface area contributed by atoms with Crippen molar-refractivity contribution in [2.24, 2.45) is 0 Å². The van der Waals surface area contributed by atoms with E-state index < -0.39 is 5.82 Å². The van der Waals surface area contributed by atoms with E-state index in [2.05, 4.69) is 14.9 Å². The number of carbonyl (C=O) groups excluding carboxylic acids is 1. The third-order valence-corrected chi connectivity index (χ3v) is 3.28. The Kier molecular flexibility index (Phi) is 4.06. The number of nitrogen functional groups attached to an aromatic ring is 1. The lowest BCUT2D eigenvalue weighted by molar-refractivity contribution is 0.102. The van der Waals surface area contributed by atoms with Crippen molar-refractivity contribution < 1.29 is 9.18 Å². The molecule has 0 unspecified atom stereocenters. The van der Waals surface area contributed by atoms with E-state index in [1.807, 2.05) is 6.92 Å². The summed E-state index contributed by atoms with van der Waals surface area (Å²) in [7, 11) is 0. The Morgan fingerprint density at radius 3 is 3.05 bits per heavy atom. The maximum Gasteiger partial charge on any atom is 0.269 e. The summed E-state index contributed by atoms with van der Waals surface area (Å²) in [5.41, 5.74) is 6.89. The molecular formula is C12H13FN4OS. The second kappa shape index (κ2) is 5.75. The Morgan fingerprint density at radius 1 is 1.53 bits per heavy atom. The van der Waals surface area contributed by atoms with Crippen LogP contribution in [0.1, 0.15) is 28.7 Å². The third kappa shape index (κ3) is 3.05. The van der Waals surface area contributed by atoms with E-state index in [9.17, 15) is 9.18 Å². The van der Waals surface area contributed by atoms with Crippen LogP contribution in [0, 0.1) is 5.82 Å². The SMILES string of the molecule is CCCc1nnsc1C(=O)Nc1cc(F)ccc1N. The van der Waals surface area contributed by atoms with Crippen molar-refractivity contribution in [3.8, 4) is 0 Å². The van der Waals surface area contributed by atoms with Crippen molar-refractivity contribution in [3.05, 3.63) is 34.6 Å². The molecule has 2 aromatic rings. The number of hydrogen-bond donors (Lipinski definition) is 2. The molecule has 1 heterocycles. The lowest BCUT2D eigenvalue weighted by Gasteiger charge is -2.07. The van der Waals surface area contributed by atoms with E-state index in [-0.39, 0.29) is 11.6 Å². The van der Waals surface area contributed by atoms with Gasteiger partial charge in [0.25, 0.3) is 5.91 Å². The Balaban J connectivity index is 2.21. The fourth-order valence-corrected chi connectivity index (χ4v) is 2.20. The molecule has 0 atom stereocenters. The van der Waals surface area contributed by atoms with Gasteiger partial charge in [-0.2, -0.15) is 0 Å². The number of nitrogens with zero attached hydrogens (tertiary/aromatic N) is 2. The van der Waals surface area contributed by atoms with Gasteiger partial charge in [-0.05, 0) is 36.2 Å². The van der Waals surface area contributed by atoms with E-state index in [4.69, 9.17) is 5.73 Å². The fraction of sp³-hybridized carbons (Fsp3) is 0.250. The average Bonchev–Trinajstić information content (AvgIpc) is 2.82. The zero-order valence-electron chi connectivity index (χ0n) is 10.3. The molecule has 1 aromatic carbocycles. The van der Waals surface area contributed by atoms with Crippen LogP contribution in [0.25, 0.3) is 0 Å². The third-order valence-electron chi connectivity index (χ3n) is 2.51.